The van der Waals surface area contributed by atoms with Gasteiger partial charge in [0.25, 0.3) is 11.8 Å². The first-order chi connectivity index (χ1) is 14.2. The van der Waals surface area contributed by atoms with E-state index in [4.69, 9.17) is 8.83 Å². The van der Waals surface area contributed by atoms with Crippen molar-refractivity contribution in [1.82, 2.24) is 4.90 Å². The molecule has 2 amide bonds. The second-order valence-corrected chi connectivity index (χ2v) is 7.36. The third-order valence-corrected chi connectivity index (χ3v) is 5.14. The van der Waals surface area contributed by atoms with E-state index in [1.54, 1.807) is 65.0 Å². The predicted molar refractivity (Wildman–Crippen MR) is 110 cm³/mol. The average Bonchev–Trinajstić information content (AvgIpc) is 3.50. The van der Waals surface area contributed by atoms with Gasteiger partial charge in [0.05, 0.1) is 25.6 Å². The Morgan fingerprint density at radius 2 is 1.69 bits per heavy atom. The van der Waals surface area contributed by atoms with Crippen LogP contribution < -0.4 is 5.32 Å². The van der Waals surface area contributed by atoms with E-state index in [1.165, 1.54) is 6.26 Å². The molecule has 0 spiro atoms. The summed E-state index contributed by atoms with van der Waals surface area (Å²) in [7, 11) is 0. The summed E-state index contributed by atoms with van der Waals surface area (Å²) in [5.74, 6) is 0.493. The molecule has 6 nitrogen and oxygen atoms in total. The van der Waals surface area contributed by atoms with Gasteiger partial charge in [0.2, 0.25) is 0 Å². The molecule has 146 valence electrons. The van der Waals surface area contributed by atoms with Crippen molar-refractivity contribution in [1.29, 1.82) is 0 Å². The number of anilines is 1. The maximum Gasteiger partial charge on any atom is 0.291 e. The van der Waals surface area contributed by atoms with E-state index in [0.29, 0.717) is 24.3 Å². The molecule has 7 heteroatoms. The van der Waals surface area contributed by atoms with Gasteiger partial charge in [-0.3, -0.25) is 9.59 Å². The van der Waals surface area contributed by atoms with Crippen LogP contribution in [-0.4, -0.2) is 16.7 Å². The molecule has 0 atom stereocenters. The molecule has 3 aromatic heterocycles. The quantitative estimate of drug-likeness (QED) is 0.467. The van der Waals surface area contributed by atoms with Crippen molar-refractivity contribution in [2.75, 3.05) is 5.32 Å². The summed E-state index contributed by atoms with van der Waals surface area (Å²) in [5.41, 5.74) is 1.11. The lowest BCUT2D eigenvalue weighted by Crippen LogP contribution is -2.29. The van der Waals surface area contributed by atoms with Crippen molar-refractivity contribution in [3.8, 4) is 0 Å². The number of carbonyl (C=O) groups is 2. The summed E-state index contributed by atoms with van der Waals surface area (Å²) >= 11 is 1.60. The Morgan fingerprint density at radius 1 is 0.897 bits per heavy atom. The lowest BCUT2D eigenvalue weighted by atomic mass is 10.1. The molecule has 4 aromatic rings. The third kappa shape index (κ3) is 4.64. The SMILES string of the molecule is O=C(Nc1ccc(C(=O)N(Cc2ccco2)Cc2cccs2)cc1)c1ccco1. The molecule has 3 heterocycles. The zero-order valence-corrected chi connectivity index (χ0v) is 16.2. The van der Waals surface area contributed by atoms with E-state index in [1.807, 2.05) is 23.6 Å². The van der Waals surface area contributed by atoms with Gasteiger partial charge >= 0.3 is 0 Å². The summed E-state index contributed by atoms with van der Waals surface area (Å²) in [6, 6.07) is 17.7. The molecule has 0 aliphatic carbocycles. The maximum atomic E-state index is 13.1. The van der Waals surface area contributed by atoms with E-state index >= 15 is 0 Å². The summed E-state index contributed by atoms with van der Waals surface area (Å²) in [6.45, 7) is 0.870. The first-order valence-corrected chi connectivity index (χ1v) is 9.86. The fourth-order valence-electron chi connectivity index (χ4n) is 2.86. The number of amides is 2. The molecular weight excluding hydrogens is 388 g/mol. The minimum atomic E-state index is -0.341. The van der Waals surface area contributed by atoms with Crippen LogP contribution in [0.15, 0.2) is 87.4 Å². The first-order valence-electron chi connectivity index (χ1n) is 8.98. The minimum absolute atomic E-state index is 0.112. The fraction of sp³-hybridized carbons (Fsp3) is 0.0909. The van der Waals surface area contributed by atoms with Crippen LogP contribution in [0.3, 0.4) is 0 Å². The molecule has 1 aromatic carbocycles. The van der Waals surface area contributed by atoms with Crippen molar-refractivity contribution >= 4 is 28.8 Å². The molecule has 29 heavy (non-hydrogen) atoms. The van der Waals surface area contributed by atoms with E-state index in [0.717, 1.165) is 10.6 Å². The molecule has 0 aliphatic heterocycles. The van der Waals surface area contributed by atoms with Crippen LogP contribution in [0.2, 0.25) is 0 Å². The van der Waals surface area contributed by atoms with E-state index in [-0.39, 0.29) is 17.6 Å². The number of furan rings is 2. The number of carbonyl (C=O) groups excluding carboxylic acids is 2. The zero-order chi connectivity index (χ0) is 20.1. The highest BCUT2D eigenvalue weighted by atomic mass is 32.1. The minimum Gasteiger partial charge on any atom is -0.467 e. The van der Waals surface area contributed by atoms with Gasteiger partial charge in [-0.2, -0.15) is 0 Å². The summed E-state index contributed by atoms with van der Waals surface area (Å²) in [4.78, 5) is 28.0. The van der Waals surface area contributed by atoms with Crippen molar-refractivity contribution in [2.24, 2.45) is 0 Å². The number of hydrogen-bond acceptors (Lipinski definition) is 5. The van der Waals surface area contributed by atoms with Gasteiger partial charge in [-0.1, -0.05) is 6.07 Å². The van der Waals surface area contributed by atoms with Crippen LogP contribution in [0.5, 0.6) is 0 Å². The first kappa shape index (κ1) is 18.8. The molecular formula is C22H18N2O4S. The van der Waals surface area contributed by atoms with Gasteiger partial charge in [0.1, 0.15) is 5.76 Å². The maximum absolute atomic E-state index is 13.1. The largest absolute Gasteiger partial charge is 0.467 e. The fourth-order valence-corrected chi connectivity index (χ4v) is 3.58. The number of nitrogens with one attached hydrogen (secondary N) is 1. The van der Waals surface area contributed by atoms with Crippen LogP contribution in [0.25, 0.3) is 0 Å². The Hall–Kier alpha value is -3.58. The Labute approximate surface area is 171 Å². The second kappa shape index (κ2) is 8.62. The lowest BCUT2D eigenvalue weighted by Gasteiger charge is -2.21. The van der Waals surface area contributed by atoms with E-state index in [2.05, 4.69) is 5.32 Å². The van der Waals surface area contributed by atoms with Crippen LogP contribution in [-0.2, 0) is 13.1 Å². The summed E-state index contributed by atoms with van der Waals surface area (Å²) in [6.07, 6.45) is 3.04. The molecule has 0 radical (unpaired) electrons. The monoisotopic (exact) mass is 406 g/mol. The van der Waals surface area contributed by atoms with Crippen molar-refractivity contribution < 1.29 is 18.4 Å². The Balaban J connectivity index is 1.48. The topological polar surface area (TPSA) is 75.7 Å². The highest BCUT2D eigenvalue weighted by molar-refractivity contribution is 7.09. The van der Waals surface area contributed by atoms with Crippen LogP contribution >= 0.6 is 11.3 Å². The molecule has 4 rings (SSSR count). The molecule has 0 unspecified atom stereocenters. The smallest absolute Gasteiger partial charge is 0.291 e. The van der Waals surface area contributed by atoms with E-state index in [9.17, 15) is 9.59 Å². The van der Waals surface area contributed by atoms with Gasteiger partial charge in [-0.25, -0.2) is 0 Å². The number of rotatable bonds is 7. The number of hydrogen-bond donors (Lipinski definition) is 1. The zero-order valence-electron chi connectivity index (χ0n) is 15.4. The normalized spacial score (nSPS) is 10.6. The Morgan fingerprint density at radius 3 is 2.34 bits per heavy atom. The highest BCUT2D eigenvalue weighted by Gasteiger charge is 2.18. The summed E-state index contributed by atoms with van der Waals surface area (Å²) < 4.78 is 10.5. The Bertz CT molecular complexity index is 1020. The van der Waals surface area contributed by atoms with Crippen LogP contribution in [0.4, 0.5) is 5.69 Å². The molecule has 0 saturated carbocycles. The molecule has 0 saturated heterocycles. The molecule has 0 fully saturated rings. The average molecular weight is 406 g/mol. The van der Waals surface area contributed by atoms with Crippen molar-refractivity contribution in [3.63, 3.8) is 0 Å². The third-order valence-electron chi connectivity index (χ3n) is 4.28. The van der Waals surface area contributed by atoms with Crippen LogP contribution in [0, 0.1) is 0 Å². The summed E-state index contributed by atoms with van der Waals surface area (Å²) in [5, 5.41) is 4.73. The Kier molecular flexibility index (Phi) is 5.58. The van der Waals surface area contributed by atoms with Gasteiger partial charge < -0.3 is 19.1 Å². The van der Waals surface area contributed by atoms with Gasteiger partial charge in [0.15, 0.2) is 5.76 Å². The van der Waals surface area contributed by atoms with E-state index < -0.39 is 0 Å². The number of benzene rings is 1. The van der Waals surface area contributed by atoms with Gasteiger partial charge in [-0.15, -0.1) is 11.3 Å². The van der Waals surface area contributed by atoms with Crippen molar-refractivity contribution in [2.45, 2.75) is 13.1 Å². The molecule has 0 aliphatic rings. The number of thiophene rings is 1. The molecule has 1 N–H and O–H groups in total. The van der Waals surface area contributed by atoms with Crippen molar-refractivity contribution in [3.05, 3.63) is 101 Å². The standard InChI is InChI=1S/C22H18N2O4S/c25-21(20-6-2-12-28-20)23-17-9-7-16(8-10-17)22(26)24(14-18-4-1-11-27-18)15-19-5-3-13-29-19/h1-13H,14-15H2,(H,23,25). The van der Waals surface area contributed by atoms with Gasteiger partial charge in [-0.05, 0) is 60.0 Å². The highest BCUT2D eigenvalue weighted by Crippen LogP contribution is 2.19. The van der Waals surface area contributed by atoms with Gasteiger partial charge in [0, 0.05) is 16.1 Å². The predicted octanol–water partition coefficient (Wildman–Crippen LogP) is 5.03. The number of nitrogens with zero attached hydrogens (tertiary/aromatic N) is 1. The van der Waals surface area contributed by atoms with Crippen LogP contribution in [0.1, 0.15) is 31.6 Å². The molecule has 0 bridgehead atoms. The second-order valence-electron chi connectivity index (χ2n) is 6.33. The lowest BCUT2D eigenvalue weighted by molar-refractivity contribution is 0.0719.